The number of aromatic nitrogens is 2. The lowest BCUT2D eigenvalue weighted by atomic mass is 9.92. The minimum atomic E-state index is -0.122. The highest BCUT2D eigenvalue weighted by Gasteiger charge is 2.19. The van der Waals surface area contributed by atoms with E-state index in [1.54, 1.807) is 22.7 Å². The summed E-state index contributed by atoms with van der Waals surface area (Å²) in [5.41, 5.74) is 5.43. The Bertz CT molecular complexity index is 1310. The van der Waals surface area contributed by atoms with E-state index in [0.717, 1.165) is 42.5 Å². The van der Waals surface area contributed by atoms with Crippen molar-refractivity contribution in [2.75, 3.05) is 6.54 Å². The van der Waals surface area contributed by atoms with E-state index < -0.39 is 0 Å². The Morgan fingerprint density at radius 2 is 1.92 bits per heavy atom. The van der Waals surface area contributed by atoms with Crippen LogP contribution in [0.3, 0.4) is 0 Å². The molecule has 1 aliphatic rings. The molecule has 0 radical (unpaired) electrons. The van der Waals surface area contributed by atoms with E-state index in [9.17, 15) is 9.59 Å². The van der Waals surface area contributed by atoms with E-state index in [1.807, 2.05) is 6.92 Å². The van der Waals surface area contributed by atoms with Crippen molar-refractivity contribution in [1.82, 2.24) is 20.0 Å². The van der Waals surface area contributed by atoms with Crippen LogP contribution >= 0.6 is 11.6 Å². The average molecular weight is 519 g/mol. The Labute approximate surface area is 223 Å². The van der Waals surface area contributed by atoms with Crippen LogP contribution in [-0.4, -0.2) is 27.7 Å². The van der Waals surface area contributed by atoms with Crippen LogP contribution in [0.4, 0.5) is 0 Å². The van der Waals surface area contributed by atoms with Gasteiger partial charge in [0.25, 0.3) is 5.91 Å². The molecule has 2 heterocycles. The number of imidazole rings is 1. The molecule has 3 aromatic rings. The molecular weight excluding hydrogens is 484 g/mol. The van der Waals surface area contributed by atoms with Gasteiger partial charge in [-0.2, -0.15) is 0 Å². The first-order valence-electron chi connectivity index (χ1n) is 13.2. The number of amides is 2. The van der Waals surface area contributed by atoms with Crippen molar-refractivity contribution in [2.45, 2.75) is 58.9 Å². The van der Waals surface area contributed by atoms with Crippen LogP contribution in [0, 0.1) is 5.92 Å². The summed E-state index contributed by atoms with van der Waals surface area (Å²) in [6.07, 6.45) is 13.6. The van der Waals surface area contributed by atoms with Crippen molar-refractivity contribution in [2.24, 2.45) is 5.92 Å². The molecule has 4 rings (SSSR count). The Morgan fingerprint density at radius 3 is 2.62 bits per heavy atom. The highest BCUT2D eigenvalue weighted by atomic mass is 35.5. The average Bonchev–Trinajstić information content (AvgIpc) is 3.29. The number of unbranched alkanes of at least 4 members (excludes halogenated alkanes) is 2. The molecule has 0 fully saturated rings. The zero-order valence-corrected chi connectivity index (χ0v) is 22.4. The van der Waals surface area contributed by atoms with Crippen molar-refractivity contribution in [1.29, 1.82) is 0 Å². The number of carbonyl (C=O) groups excluding carboxylic acids is 2. The molecule has 0 bridgehead atoms. The summed E-state index contributed by atoms with van der Waals surface area (Å²) in [5.74, 6) is 0.224. The van der Waals surface area contributed by atoms with Gasteiger partial charge in [0.15, 0.2) is 0 Å². The second-order valence-corrected chi connectivity index (χ2v) is 9.93. The lowest BCUT2D eigenvalue weighted by Gasteiger charge is -2.17. The van der Waals surface area contributed by atoms with Gasteiger partial charge >= 0.3 is 0 Å². The Morgan fingerprint density at radius 1 is 1.11 bits per heavy atom. The van der Waals surface area contributed by atoms with Crippen molar-refractivity contribution >= 4 is 34.6 Å². The van der Waals surface area contributed by atoms with E-state index in [-0.39, 0.29) is 17.7 Å². The monoisotopic (exact) mass is 518 g/mol. The topological polar surface area (TPSA) is 75.5 Å². The van der Waals surface area contributed by atoms with Gasteiger partial charge < -0.3 is 10.6 Å². The first-order chi connectivity index (χ1) is 18.0. The third-order valence-electron chi connectivity index (χ3n) is 6.71. The van der Waals surface area contributed by atoms with Gasteiger partial charge in [0, 0.05) is 36.8 Å². The number of nitrogens with one attached hydrogen (secondary N) is 2. The molecule has 194 valence electrons. The number of rotatable bonds is 11. The molecule has 0 spiro atoms. The molecule has 2 aromatic heterocycles. The standard InChI is InChI=1S/C30H35ClN4O2/c1-3-5-6-7-28(36)32-19-21-8-12-23(13-9-21)24-14-10-22(11-15-24)20-33-30(37)29-26(4-2)34-27-18-25(31)16-17-35(27)29/h8-10,12-18,22H,3-7,11,19-20H2,1-2H3,(H,32,36)(H,33,37). The van der Waals surface area contributed by atoms with Crippen LogP contribution in [0.5, 0.6) is 0 Å². The first kappa shape index (κ1) is 26.7. The predicted octanol–water partition coefficient (Wildman–Crippen LogP) is 6.14. The highest BCUT2D eigenvalue weighted by Crippen LogP contribution is 2.25. The van der Waals surface area contributed by atoms with Gasteiger partial charge in [-0.15, -0.1) is 0 Å². The van der Waals surface area contributed by atoms with E-state index in [2.05, 4.69) is 65.0 Å². The number of carbonyl (C=O) groups is 2. The van der Waals surface area contributed by atoms with Crippen LogP contribution in [0.15, 0.2) is 60.8 Å². The van der Waals surface area contributed by atoms with E-state index in [0.29, 0.717) is 42.3 Å². The number of pyridine rings is 1. The third kappa shape index (κ3) is 6.89. The van der Waals surface area contributed by atoms with Gasteiger partial charge in [-0.25, -0.2) is 4.98 Å². The van der Waals surface area contributed by atoms with Gasteiger partial charge in [0.05, 0.1) is 5.69 Å². The normalized spacial score (nSPS) is 15.0. The second kappa shape index (κ2) is 12.7. The van der Waals surface area contributed by atoms with E-state index in [4.69, 9.17) is 11.6 Å². The largest absolute Gasteiger partial charge is 0.352 e. The van der Waals surface area contributed by atoms with E-state index >= 15 is 0 Å². The number of fused-ring (bicyclic) bond motifs is 1. The SMILES string of the molecule is CCCCCC(=O)NCc1ccc(C2=CCC(CNC(=O)c3c(CC)nc4cc(Cl)ccn34)C=C2)cc1. The molecule has 1 atom stereocenters. The lowest BCUT2D eigenvalue weighted by molar-refractivity contribution is -0.121. The maximum absolute atomic E-state index is 13.0. The van der Waals surface area contributed by atoms with Gasteiger partial charge in [0.1, 0.15) is 11.3 Å². The summed E-state index contributed by atoms with van der Waals surface area (Å²) in [6, 6.07) is 11.9. The summed E-state index contributed by atoms with van der Waals surface area (Å²) < 4.78 is 1.80. The summed E-state index contributed by atoms with van der Waals surface area (Å²) in [6.45, 7) is 5.24. The zero-order valence-electron chi connectivity index (χ0n) is 21.6. The zero-order chi connectivity index (χ0) is 26.2. The minimum absolute atomic E-state index is 0.116. The smallest absolute Gasteiger partial charge is 0.270 e. The predicted molar refractivity (Wildman–Crippen MR) is 150 cm³/mol. The minimum Gasteiger partial charge on any atom is -0.352 e. The van der Waals surface area contributed by atoms with Crippen molar-refractivity contribution in [3.05, 3.63) is 88.4 Å². The number of nitrogens with zero attached hydrogens (tertiary/aromatic N) is 2. The maximum atomic E-state index is 13.0. The number of allylic oxidation sites excluding steroid dienone is 3. The summed E-state index contributed by atoms with van der Waals surface area (Å²) in [4.78, 5) is 29.5. The quantitative estimate of drug-likeness (QED) is 0.299. The van der Waals surface area contributed by atoms with E-state index in [1.165, 1.54) is 5.57 Å². The van der Waals surface area contributed by atoms with Gasteiger partial charge in [-0.05, 0) is 47.9 Å². The molecule has 2 amide bonds. The first-order valence-corrected chi connectivity index (χ1v) is 13.5. The Kier molecular flexibility index (Phi) is 9.18. The molecule has 0 saturated heterocycles. The second-order valence-electron chi connectivity index (χ2n) is 9.49. The molecule has 0 saturated carbocycles. The number of hydrogen-bond donors (Lipinski definition) is 2. The lowest BCUT2D eigenvalue weighted by Crippen LogP contribution is -2.30. The molecule has 1 aromatic carbocycles. The fraction of sp³-hybridized carbons (Fsp3) is 0.367. The van der Waals surface area contributed by atoms with Crippen LogP contribution in [0.25, 0.3) is 11.2 Å². The van der Waals surface area contributed by atoms with Crippen LogP contribution < -0.4 is 10.6 Å². The van der Waals surface area contributed by atoms with Crippen LogP contribution in [0.2, 0.25) is 5.02 Å². The van der Waals surface area contributed by atoms with Crippen molar-refractivity contribution in [3.63, 3.8) is 0 Å². The highest BCUT2D eigenvalue weighted by molar-refractivity contribution is 6.30. The summed E-state index contributed by atoms with van der Waals surface area (Å²) in [7, 11) is 0. The third-order valence-corrected chi connectivity index (χ3v) is 6.94. The number of halogens is 1. The van der Waals surface area contributed by atoms with Gasteiger partial charge in [0.2, 0.25) is 5.91 Å². The number of benzene rings is 1. The maximum Gasteiger partial charge on any atom is 0.270 e. The molecule has 6 nitrogen and oxygen atoms in total. The van der Waals surface area contributed by atoms with Crippen molar-refractivity contribution < 1.29 is 9.59 Å². The van der Waals surface area contributed by atoms with Gasteiger partial charge in [-0.3, -0.25) is 14.0 Å². The van der Waals surface area contributed by atoms with Crippen LogP contribution in [0.1, 0.15) is 73.3 Å². The number of hydrogen-bond acceptors (Lipinski definition) is 3. The fourth-order valence-electron chi connectivity index (χ4n) is 4.53. The fourth-order valence-corrected chi connectivity index (χ4v) is 4.69. The Hall–Kier alpha value is -3.38. The Balaban J connectivity index is 1.28. The van der Waals surface area contributed by atoms with Gasteiger partial charge in [-0.1, -0.05) is 80.8 Å². The molecular formula is C30H35ClN4O2. The molecule has 1 aliphatic carbocycles. The van der Waals surface area contributed by atoms with Crippen molar-refractivity contribution in [3.8, 4) is 0 Å². The molecule has 1 unspecified atom stereocenters. The molecule has 2 N–H and O–H groups in total. The molecule has 7 heteroatoms. The summed E-state index contributed by atoms with van der Waals surface area (Å²) >= 11 is 6.09. The van der Waals surface area contributed by atoms with Crippen LogP contribution in [-0.2, 0) is 17.8 Å². The molecule has 37 heavy (non-hydrogen) atoms. The summed E-state index contributed by atoms with van der Waals surface area (Å²) in [5, 5.41) is 6.69. The molecule has 0 aliphatic heterocycles. The number of aryl methyl sites for hydroxylation is 1.